The van der Waals surface area contributed by atoms with E-state index in [2.05, 4.69) is 45.7 Å². The summed E-state index contributed by atoms with van der Waals surface area (Å²) in [4.78, 5) is 31.0. The van der Waals surface area contributed by atoms with Crippen molar-refractivity contribution in [3.8, 4) is 0 Å². The van der Waals surface area contributed by atoms with Crippen LogP contribution in [0.4, 0.5) is 0 Å². The highest BCUT2D eigenvalue weighted by atomic mass is 16.4. The van der Waals surface area contributed by atoms with Crippen LogP contribution in [0.25, 0.3) is 0 Å². The number of rotatable bonds is 11. The molecule has 0 aliphatic carbocycles. The third-order valence-corrected chi connectivity index (χ3v) is 5.29. The first-order valence-electron chi connectivity index (χ1n) is 11.4. The molecule has 2 aromatic heterocycles. The SMILES string of the molecule is Cc1nnc(CN(C)C(=O)c2cccc(C(=O)NCCCNCc3cncc(C(C)C)c3)c2)o1. The molecule has 34 heavy (non-hydrogen) atoms. The van der Waals surface area contributed by atoms with E-state index in [-0.39, 0.29) is 18.4 Å². The quantitative estimate of drug-likeness (QED) is 0.419. The first-order chi connectivity index (χ1) is 16.3. The Morgan fingerprint density at radius 3 is 2.62 bits per heavy atom. The standard InChI is InChI=1S/C25H32N6O3/c1-17(2)22-11-19(14-27-15-22)13-26-9-6-10-28-24(32)20-7-5-8-21(12-20)25(33)31(4)16-23-30-29-18(3)34-23/h5,7-8,11-12,14-15,17,26H,6,9-10,13,16H2,1-4H3,(H,28,32). The van der Waals surface area contributed by atoms with E-state index in [9.17, 15) is 9.59 Å². The molecule has 3 aromatic rings. The number of carbonyl (C=O) groups excluding carboxylic acids is 2. The first kappa shape index (κ1) is 25.0. The number of aryl methyl sites for hydroxylation is 1. The van der Waals surface area contributed by atoms with Crippen LogP contribution in [-0.4, -0.2) is 52.0 Å². The Morgan fingerprint density at radius 2 is 1.88 bits per heavy atom. The number of nitrogens with zero attached hydrogens (tertiary/aromatic N) is 4. The van der Waals surface area contributed by atoms with Gasteiger partial charge in [0.15, 0.2) is 0 Å². The maximum Gasteiger partial charge on any atom is 0.254 e. The third kappa shape index (κ3) is 7.21. The number of pyridine rings is 1. The summed E-state index contributed by atoms with van der Waals surface area (Å²) in [5.74, 6) is 0.817. The summed E-state index contributed by atoms with van der Waals surface area (Å²) in [5.41, 5.74) is 3.24. The molecule has 9 heteroatoms. The predicted octanol–water partition coefficient (Wildman–Crippen LogP) is 3.08. The van der Waals surface area contributed by atoms with E-state index >= 15 is 0 Å². The fourth-order valence-electron chi connectivity index (χ4n) is 3.36. The molecule has 0 bridgehead atoms. The molecule has 0 saturated carbocycles. The minimum atomic E-state index is -0.231. The van der Waals surface area contributed by atoms with Gasteiger partial charge in [-0.3, -0.25) is 14.6 Å². The van der Waals surface area contributed by atoms with Gasteiger partial charge in [-0.25, -0.2) is 0 Å². The predicted molar refractivity (Wildman–Crippen MR) is 128 cm³/mol. The summed E-state index contributed by atoms with van der Waals surface area (Å²) in [6, 6.07) is 8.84. The summed E-state index contributed by atoms with van der Waals surface area (Å²) < 4.78 is 5.33. The van der Waals surface area contributed by atoms with Gasteiger partial charge in [0.1, 0.15) is 0 Å². The lowest BCUT2D eigenvalue weighted by atomic mass is 10.0. The van der Waals surface area contributed by atoms with Gasteiger partial charge in [0, 0.05) is 50.6 Å². The summed E-state index contributed by atoms with van der Waals surface area (Å²) in [6.45, 7) is 8.23. The zero-order valence-corrected chi connectivity index (χ0v) is 20.2. The van der Waals surface area contributed by atoms with Crippen molar-refractivity contribution in [2.45, 2.75) is 46.2 Å². The number of aromatic nitrogens is 3. The van der Waals surface area contributed by atoms with Crippen molar-refractivity contribution in [3.05, 3.63) is 76.8 Å². The molecule has 0 radical (unpaired) electrons. The van der Waals surface area contributed by atoms with E-state index in [0.717, 1.165) is 25.1 Å². The number of hydrogen-bond donors (Lipinski definition) is 2. The van der Waals surface area contributed by atoms with Crippen LogP contribution in [-0.2, 0) is 13.1 Å². The first-order valence-corrected chi connectivity index (χ1v) is 11.4. The number of carbonyl (C=O) groups is 2. The van der Waals surface area contributed by atoms with Gasteiger partial charge in [0.25, 0.3) is 11.8 Å². The molecular formula is C25H32N6O3. The van der Waals surface area contributed by atoms with Crippen molar-refractivity contribution < 1.29 is 14.0 Å². The highest BCUT2D eigenvalue weighted by molar-refractivity contribution is 5.99. The normalized spacial score (nSPS) is 11.0. The molecule has 3 rings (SSSR count). The lowest BCUT2D eigenvalue weighted by molar-refractivity contribution is 0.0772. The van der Waals surface area contributed by atoms with E-state index in [1.54, 1.807) is 38.2 Å². The third-order valence-electron chi connectivity index (χ3n) is 5.29. The van der Waals surface area contributed by atoms with Gasteiger partial charge < -0.3 is 20.0 Å². The van der Waals surface area contributed by atoms with Crippen LogP contribution in [0.5, 0.6) is 0 Å². The average Bonchev–Trinajstić information content (AvgIpc) is 3.25. The summed E-state index contributed by atoms with van der Waals surface area (Å²) in [7, 11) is 1.65. The van der Waals surface area contributed by atoms with Crippen LogP contribution >= 0.6 is 0 Å². The van der Waals surface area contributed by atoms with E-state index in [0.29, 0.717) is 35.4 Å². The van der Waals surface area contributed by atoms with E-state index < -0.39 is 0 Å². The molecule has 0 aliphatic heterocycles. The molecule has 2 N–H and O–H groups in total. The van der Waals surface area contributed by atoms with Crippen LogP contribution in [0.15, 0.2) is 47.1 Å². The Labute approximate surface area is 200 Å². The van der Waals surface area contributed by atoms with E-state index in [1.165, 1.54) is 10.5 Å². The zero-order chi connectivity index (χ0) is 24.5. The molecule has 2 amide bonds. The van der Waals surface area contributed by atoms with E-state index in [4.69, 9.17) is 4.42 Å². The van der Waals surface area contributed by atoms with Gasteiger partial charge >= 0.3 is 0 Å². The average molecular weight is 465 g/mol. The van der Waals surface area contributed by atoms with Crippen molar-refractivity contribution in [3.63, 3.8) is 0 Å². The molecule has 1 aromatic carbocycles. The van der Waals surface area contributed by atoms with Gasteiger partial charge in [0.05, 0.1) is 6.54 Å². The minimum absolute atomic E-state index is 0.195. The summed E-state index contributed by atoms with van der Waals surface area (Å²) >= 11 is 0. The molecule has 180 valence electrons. The van der Waals surface area contributed by atoms with Crippen LogP contribution in [0.2, 0.25) is 0 Å². The molecule has 2 heterocycles. The molecule has 0 aliphatic rings. The second kappa shape index (κ2) is 12.0. The fraction of sp³-hybridized carbons (Fsp3) is 0.400. The highest BCUT2D eigenvalue weighted by Gasteiger charge is 2.16. The maximum absolute atomic E-state index is 12.7. The molecular weight excluding hydrogens is 432 g/mol. The van der Waals surface area contributed by atoms with Crippen LogP contribution < -0.4 is 10.6 Å². The fourth-order valence-corrected chi connectivity index (χ4v) is 3.36. The lowest BCUT2D eigenvalue weighted by Crippen LogP contribution is -2.28. The van der Waals surface area contributed by atoms with E-state index in [1.807, 2.05) is 12.4 Å². The van der Waals surface area contributed by atoms with Crippen molar-refractivity contribution in [1.82, 2.24) is 30.7 Å². The maximum atomic E-state index is 12.7. The molecule has 0 unspecified atom stereocenters. The van der Waals surface area contributed by atoms with Gasteiger partial charge in [-0.2, -0.15) is 0 Å². The number of hydrogen-bond acceptors (Lipinski definition) is 7. The van der Waals surface area contributed by atoms with Gasteiger partial charge in [-0.05, 0) is 48.2 Å². The van der Waals surface area contributed by atoms with Crippen molar-refractivity contribution in [2.24, 2.45) is 0 Å². The Balaban J connectivity index is 1.42. The monoisotopic (exact) mass is 464 g/mol. The molecule has 9 nitrogen and oxygen atoms in total. The second-order valence-electron chi connectivity index (χ2n) is 8.52. The molecule has 0 saturated heterocycles. The molecule has 0 spiro atoms. The number of amides is 2. The number of benzene rings is 1. The summed E-state index contributed by atoms with van der Waals surface area (Å²) in [6.07, 6.45) is 4.56. The Morgan fingerprint density at radius 1 is 1.09 bits per heavy atom. The summed E-state index contributed by atoms with van der Waals surface area (Å²) in [5, 5.41) is 14.0. The zero-order valence-electron chi connectivity index (χ0n) is 20.2. The van der Waals surface area contributed by atoms with Gasteiger partial charge in [-0.15, -0.1) is 10.2 Å². The minimum Gasteiger partial charge on any atom is -0.424 e. The molecule has 0 fully saturated rings. The smallest absolute Gasteiger partial charge is 0.254 e. The molecule has 0 atom stereocenters. The largest absolute Gasteiger partial charge is 0.424 e. The second-order valence-corrected chi connectivity index (χ2v) is 8.52. The van der Waals surface area contributed by atoms with Crippen molar-refractivity contribution in [2.75, 3.05) is 20.1 Å². The van der Waals surface area contributed by atoms with Crippen molar-refractivity contribution >= 4 is 11.8 Å². The van der Waals surface area contributed by atoms with Crippen LogP contribution in [0.3, 0.4) is 0 Å². The van der Waals surface area contributed by atoms with Crippen LogP contribution in [0, 0.1) is 6.92 Å². The van der Waals surface area contributed by atoms with Gasteiger partial charge in [-0.1, -0.05) is 26.0 Å². The topological polar surface area (TPSA) is 113 Å². The Bertz CT molecular complexity index is 1110. The Hall–Kier alpha value is -3.59. The number of nitrogens with one attached hydrogen (secondary N) is 2. The van der Waals surface area contributed by atoms with Crippen molar-refractivity contribution in [1.29, 1.82) is 0 Å². The van der Waals surface area contributed by atoms with Gasteiger partial charge in [0.2, 0.25) is 11.8 Å². The lowest BCUT2D eigenvalue weighted by Gasteiger charge is -2.15. The van der Waals surface area contributed by atoms with Crippen LogP contribution in [0.1, 0.15) is 69.8 Å². The Kier molecular flexibility index (Phi) is 8.86. The highest BCUT2D eigenvalue weighted by Crippen LogP contribution is 2.14.